The zero-order valence-corrected chi connectivity index (χ0v) is 16.0. The third-order valence-corrected chi connectivity index (χ3v) is 4.28. The smallest absolute Gasteiger partial charge is 0.409 e. The maximum absolute atomic E-state index is 11.9. The Kier molecular flexibility index (Phi) is 9.03. The molecule has 1 saturated heterocycles. The lowest BCUT2D eigenvalue weighted by Gasteiger charge is -2.42. The van der Waals surface area contributed by atoms with E-state index in [2.05, 4.69) is 5.32 Å². The van der Waals surface area contributed by atoms with Crippen LogP contribution in [0, 0.1) is 0 Å². The molecular formula is C14H23NO12S. The van der Waals surface area contributed by atoms with Crippen molar-refractivity contribution < 1.29 is 56.5 Å². The van der Waals surface area contributed by atoms with Crippen molar-refractivity contribution in [2.45, 2.75) is 51.0 Å². The number of aliphatic hydroxyl groups is 2. The molecule has 4 N–H and O–H groups in total. The van der Waals surface area contributed by atoms with Gasteiger partial charge in [0.15, 0.2) is 6.10 Å². The average Bonchev–Trinajstić information content (AvgIpc) is 2.55. The summed E-state index contributed by atoms with van der Waals surface area (Å²) in [5, 5.41) is 21.7. The van der Waals surface area contributed by atoms with Crippen LogP contribution in [-0.4, -0.2) is 90.8 Å². The van der Waals surface area contributed by atoms with Crippen LogP contribution in [0.5, 0.6) is 0 Å². The average molecular weight is 429 g/mol. The van der Waals surface area contributed by atoms with Crippen LogP contribution in [0.2, 0.25) is 0 Å². The minimum absolute atomic E-state index is 0.110. The number of ether oxygens (including phenoxy) is 4. The number of hydrogen-bond acceptors (Lipinski definition) is 11. The second-order valence-corrected chi connectivity index (χ2v) is 7.41. The molecule has 13 nitrogen and oxygen atoms in total. The number of hydrogen-bond donors (Lipinski definition) is 4. The molecule has 1 aliphatic heterocycles. The van der Waals surface area contributed by atoms with Crippen LogP contribution in [0.15, 0.2) is 0 Å². The Hall–Kier alpha value is -2.00. The summed E-state index contributed by atoms with van der Waals surface area (Å²) < 4.78 is 49.9. The number of amides is 1. The molecule has 0 saturated carbocycles. The second kappa shape index (κ2) is 10.5. The Morgan fingerprint density at radius 1 is 1.07 bits per heavy atom. The molecule has 1 unspecified atom stereocenters. The molecule has 0 bridgehead atoms. The summed E-state index contributed by atoms with van der Waals surface area (Å²) in [5.74, 6) is -2.26. The molecule has 0 radical (unpaired) electrons. The number of alkyl carbamates (subject to hydrolysis) is 1. The molecule has 1 fully saturated rings. The number of nitrogens with one attached hydrogen (secondary N) is 1. The quantitative estimate of drug-likeness (QED) is 0.143. The van der Waals surface area contributed by atoms with Gasteiger partial charge in [0.25, 0.3) is 10.1 Å². The van der Waals surface area contributed by atoms with Gasteiger partial charge in [-0.05, 0) is 6.42 Å². The zero-order chi connectivity index (χ0) is 21.5. The highest BCUT2D eigenvalue weighted by Crippen LogP contribution is 2.27. The summed E-state index contributed by atoms with van der Waals surface area (Å²) in [6.45, 7) is 1.17. The Morgan fingerprint density at radius 3 is 2.14 bits per heavy atom. The van der Waals surface area contributed by atoms with Crippen molar-refractivity contribution in [2.75, 3.05) is 18.9 Å². The molecule has 1 rings (SSSR count). The molecule has 1 heterocycles. The first-order chi connectivity index (χ1) is 12.9. The van der Waals surface area contributed by atoms with E-state index < -0.39 is 71.2 Å². The molecule has 28 heavy (non-hydrogen) atoms. The lowest BCUT2D eigenvalue weighted by atomic mass is 9.98. The van der Waals surface area contributed by atoms with Crippen LogP contribution in [0.25, 0.3) is 0 Å². The number of carbonyl (C=O) groups excluding carboxylic acids is 3. The fourth-order valence-corrected chi connectivity index (χ4v) is 2.88. The van der Waals surface area contributed by atoms with Gasteiger partial charge in [-0.3, -0.25) is 14.1 Å². The van der Waals surface area contributed by atoms with Gasteiger partial charge in [-0.25, -0.2) is 4.79 Å². The van der Waals surface area contributed by atoms with Gasteiger partial charge in [0, 0.05) is 20.4 Å². The van der Waals surface area contributed by atoms with Gasteiger partial charge < -0.3 is 34.5 Å². The summed E-state index contributed by atoms with van der Waals surface area (Å²) in [6, 6.07) is 0. The predicted octanol–water partition coefficient (Wildman–Crippen LogP) is -2.07. The standard InChI is InChI=1S/C14H23NO12S/c1-7(17)24-11-10(19)9(6-16)26-13(12(11)25-8(2)18)27-14(20)15-4-3-5-28(21,22)23/h9-13,16,19H,3-6H2,1-2H3,(H,15,20)(H,21,22,23)/t9-,10-,11+,12-,13?/m1/s1. The van der Waals surface area contributed by atoms with E-state index in [9.17, 15) is 33.0 Å². The fourth-order valence-electron chi connectivity index (χ4n) is 2.37. The van der Waals surface area contributed by atoms with Crippen LogP contribution in [0.1, 0.15) is 20.3 Å². The summed E-state index contributed by atoms with van der Waals surface area (Å²) in [4.78, 5) is 34.5. The topological polar surface area (TPSA) is 195 Å². The molecule has 5 atom stereocenters. The monoisotopic (exact) mass is 429 g/mol. The molecule has 0 aromatic heterocycles. The van der Waals surface area contributed by atoms with E-state index in [0.29, 0.717) is 0 Å². The minimum Gasteiger partial charge on any atom is -0.455 e. The highest BCUT2D eigenvalue weighted by atomic mass is 32.2. The van der Waals surface area contributed by atoms with Crippen LogP contribution in [-0.2, 0) is 38.7 Å². The normalized spacial score (nSPS) is 27.5. The van der Waals surface area contributed by atoms with Gasteiger partial charge in [0.05, 0.1) is 12.4 Å². The molecule has 162 valence electrons. The Balaban J connectivity index is 2.84. The number of carbonyl (C=O) groups is 3. The summed E-state index contributed by atoms with van der Waals surface area (Å²) in [7, 11) is -4.19. The van der Waals surface area contributed by atoms with Crippen LogP contribution >= 0.6 is 0 Å². The maximum Gasteiger partial charge on any atom is 0.409 e. The lowest BCUT2D eigenvalue weighted by molar-refractivity contribution is -0.291. The fraction of sp³-hybridized carbons (Fsp3) is 0.786. The Morgan fingerprint density at radius 2 is 1.64 bits per heavy atom. The summed E-state index contributed by atoms with van der Waals surface area (Å²) in [5.41, 5.74) is 0. The largest absolute Gasteiger partial charge is 0.455 e. The Labute approximate surface area is 160 Å². The van der Waals surface area contributed by atoms with Crippen molar-refractivity contribution >= 4 is 28.1 Å². The number of aliphatic hydroxyl groups excluding tert-OH is 2. The van der Waals surface area contributed by atoms with E-state index in [-0.39, 0.29) is 13.0 Å². The van der Waals surface area contributed by atoms with Crippen molar-refractivity contribution in [2.24, 2.45) is 0 Å². The highest BCUT2D eigenvalue weighted by molar-refractivity contribution is 7.85. The molecular weight excluding hydrogens is 406 g/mol. The molecule has 0 aromatic rings. The van der Waals surface area contributed by atoms with Crippen LogP contribution in [0.4, 0.5) is 4.79 Å². The van der Waals surface area contributed by atoms with Gasteiger partial charge >= 0.3 is 18.0 Å². The van der Waals surface area contributed by atoms with Crippen LogP contribution in [0.3, 0.4) is 0 Å². The van der Waals surface area contributed by atoms with Gasteiger partial charge in [-0.2, -0.15) is 8.42 Å². The summed E-state index contributed by atoms with van der Waals surface area (Å²) >= 11 is 0. The number of esters is 2. The van der Waals surface area contributed by atoms with E-state index in [1.807, 2.05) is 0 Å². The molecule has 14 heteroatoms. The first-order valence-electron chi connectivity index (χ1n) is 8.13. The highest BCUT2D eigenvalue weighted by Gasteiger charge is 2.50. The molecule has 1 aliphatic rings. The van der Waals surface area contributed by atoms with Gasteiger partial charge in [0.2, 0.25) is 12.4 Å². The van der Waals surface area contributed by atoms with Gasteiger partial charge in [-0.1, -0.05) is 0 Å². The zero-order valence-electron chi connectivity index (χ0n) is 15.1. The maximum atomic E-state index is 11.9. The SMILES string of the molecule is CC(=O)O[C@H]1[C@H](O)[C@@H](CO)OC(OC(=O)NCCCS(=O)(=O)O)[C@@H]1OC(C)=O. The van der Waals surface area contributed by atoms with E-state index in [4.69, 9.17) is 23.5 Å². The van der Waals surface area contributed by atoms with Crippen molar-refractivity contribution in [3.63, 3.8) is 0 Å². The third-order valence-electron chi connectivity index (χ3n) is 3.47. The van der Waals surface area contributed by atoms with Crippen molar-refractivity contribution in [1.82, 2.24) is 5.32 Å². The number of rotatable bonds is 8. The first-order valence-corrected chi connectivity index (χ1v) is 9.74. The molecule has 0 spiro atoms. The van der Waals surface area contributed by atoms with E-state index in [1.54, 1.807) is 0 Å². The van der Waals surface area contributed by atoms with Crippen molar-refractivity contribution in [3.8, 4) is 0 Å². The van der Waals surface area contributed by atoms with E-state index >= 15 is 0 Å². The van der Waals surface area contributed by atoms with E-state index in [0.717, 1.165) is 13.8 Å². The van der Waals surface area contributed by atoms with Crippen molar-refractivity contribution in [3.05, 3.63) is 0 Å². The first kappa shape index (κ1) is 24.0. The van der Waals surface area contributed by atoms with E-state index in [1.165, 1.54) is 0 Å². The van der Waals surface area contributed by atoms with Crippen LogP contribution < -0.4 is 5.32 Å². The minimum atomic E-state index is -4.19. The molecule has 0 aromatic carbocycles. The summed E-state index contributed by atoms with van der Waals surface area (Å²) in [6.07, 6.45) is -8.75. The second-order valence-electron chi connectivity index (χ2n) is 5.84. The third kappa shape index (κ3) is 7.93. The molecule has 0 aliphatic carbocycles. The predicted molar refractivity (Wildman–Crippen MR) is 88.4 cm³/mol. The van der Waals surface area contributed by atoms with Gasteiger partial charge in [0.1, 0.15) is 12.2 Å². The van der Waals surface area contributed by atoms with Crippen molar-refractivity contribution in [1.29, 1.82) is 0 Å². The van der Waals surface area contributed by atoms with Gasteiger partial charge in [-0.15, -0.1) is 0 Å². The Bertz CT molecular complexity index is 665. The molecule has 1 amide bonds. The lowest BCUT2D eigenvalue weighted by Crippen LogP contribution is -2.62.